The molecule has 0 saturated carbocycles. The fraction of sp³-hybridized carbons (Fsp3) is 0.333. The van der Waals surface area contributed by atoms with Crippen LogP contribution in [0.15, 0.2) is 12.1 Å². The Balaban J connectivity index is 0.00000256. The van der Waals surface area contributed by atoms with Crippen molar-refractivity contribution in [1.29, 1.82) is 0 Å². The molecule has 0 aromatic heterocycles. The minimum Gasteiger partial charge on any atom is -0.499 e. The van der Waals surface area contributed by atoms with Crippen LogP contribution in [-0.2, 0) is 0 Å². The molecule has 0 aliphatic carbocycles. The summed E-state index contributed by atoms with van der Waals surface area (Å²) >= 11 is 0. The molecule has 0 amide bonds. The van der Waals surface area contributed by atoms with Gasteiger partial charge >= 0.3 is 58.4 Å². The molecule has 0 aliphatic rings. The van der Waals surface area contributed by atoms with E-state index in [4.69, 9.17) is 14.2 Å². The van der Waals surface area contributed by atoms with Gasteiger partial charge in [0.2, 0.25) is 0 Å². The summed E-state index contributed by atoms with van der Waals surface area (Å²) in [6.07, 6.45) is 0. The zero-order valence-electron chi connectivity index (χ0n) is 10.1. The van der Waals surface area contributed by atoms with Crippen molar-refractivity contribution < 1.29 is 78.5 Å². The van der Waals surface area contributed by atoms with E-state index in [9.17, 15) is 12.9 Å². The Morgan fingerprint density at radius 2 is 1.29 bits per heavy atom. The second kappa shape index (κ2) is 6.89. The molecule has 3 nitrogen and oxygen atoms in total. The first-order valence-electron chi connectivity index (χ1n) is 4.44. The molecule has 0 heterocycles. The molecule has 0 saturated heterocycles. The zero-order chi connectivity index (χ0) is 12.3. The normalized spacial score (nSPS) is 10.5. The minimum absolute atomic E-state index is 0. The molecule has 17 heavy (non-hydrogen) atoms. The van der Waals surface area contributed by atoms with Crippen molar-refractivity contribution in [3.05, 3.63) is 12.1 Å². The first-order chi connectivity index (χ1) is 7.43. The van der Waals surface area contributed by atoms with Crippen LogP contribution in [0, 0.1) is 0 Å². The molecule has 1 aromatic carbocycles. The molecule has 0 aliphatic heterocycles. The SMILES string of the molecule is COc1cc(OC)c([B-](F)(F)F)c(OC)c1.[K+]. The van der Waals surface area contributed by atoms with Gasteiger partial charge in [0.05, 0.1) is 32.8 Å². The van der Waals surface area contributed by atoms with Gasteiger partial charge in [0.25, 0.3) is 0 Å². The Morgan fingerprint density at radius 3 is 1.53 bits per heavy atom. The second-order valence-corrected chi connectivity index (χ2v) is 3.02. The Kier molecular flexibility index (Phi) is 6.93. The Morgan fingerprint density at radius 1 is 0.882 bits per heavy atom. The minimum atomic E-state index is -5.20. The van der Waals surface area contributed by atoms with Gasteiger partial charge in [0.1, 0.15) is 5.75 Å². The monoisotopic (exact) mass is 274 g/mol. The average molecular weight is 274 g/mol. The summed E-state index contributed by atoms with van der Waals surface area (Å²) in [5.74, 6) is -0.357. The molecule has 1 rings (SSSR count). The summed E-state index contributed by atoms with van der Waals surface area (Å²) in [6.45, 7) is -5.20. The van der Waals surface area contributed by atoms with Crippen molar-refractivity contribution >= 4 is 12.4 Å². The van der Waals surface area contributed by atoms with Crippen LogP contribution in [0.1, 0.15) is 0 Å². The van der Waals surface area contributed by atoms with Crippen molar-refractivity contribution in [2.24, 2.45) is 0 Å². The topological polar surface area (TPSA) is 27.7 Å². The number of hydrogen-bond acceptors (Lipinski definition) is 3. The summed E-state index contributed by atoms with van der Waals surface area (Å²) in [5, 5.41) is 0. The van der Waals surface area contributed by atoms with E-state index in [1.54, 1.807) is 0 Å². The predicted molar refractivity (Wildman–Crippen MR) is 54.8 cm³/mol. The summed E-state index contributed by atoms with van der Waals surface area (Å²) in [7, 11) is 3.69. The maximum absolute atomic E-state index is 12.8. The average Bonchev–Trinajstić information content (AvgIpc) is 2.25. The number of hydrogen-bond donors (Lipinski definition) is 0. The third-order valence-corrected chi connectivity index (χ3v) is 2.08. The van der Waals surface area contributed by atoms with E-state index < -0.39 is 12.4 Å². The third-order valence-electron chi connectivity index (χ3n) is 2.08. The van der Waals surface area contributed by atoms with Gasteiger partial charge in [0.15, 0.2) is 0 Å². The van der Waals surface area contributed by atoms with Gasteiger partial charge in [-0.05, 0) is 5.46 Å². The van der Waals surface area contributed by atoms with Gasteiger partial charge in [-0.2, -0.15) is 0 Å². The summed E-state index contributed by atoms with van der Waals surface area (Å²) in [5.41, 5.74) is -0.884. The molecule has 0 radical (unpaired) electrons. The Bertz CT molecular complexity index is 359. The van der Waals surface area contributed by atoms with Crippen molar-refractivity contribution in [1.82, 2.24) is 0 Å². The molecule has 0 atom stereocenters. The fourth-order valence-corrected chi connectivity index (χ4v) is 1.36. The predicted octanol–water partition coefficient (Wildman–Crippen LogP) is -1.23. The van der Waals surface area contributed by atoms with Crippen molar-refractivity contribution in [2.75, 3.05) is 21.3 Å². The van der Waals surface area contributed by atoms with Crippen LogP contribution in [-0.4, -0.2) is 28.3 Å². The van der Waals surface area contributed by atoms with E-state index in [2.05, 4.69) is 0 Å². The van der Waals surface area contributed by atoms with Gasteiger partial charge in [-0.25, -0.2) is 0 Å². The summed E-state index contributed by atoms with van der Waals surface area (Å²) < 4.78 is 52.6. The molecule has 1 aromatic rings. The van der Waals surface area contributed by atoms with E-state index in [1.165, 1.54) is 33.5 Å². The van der Waals surface area contributed by atoms with Crippen LogP contribution < -0.4 is 71.1 Å². The quantitative estimate of drug-likeness (QED) is 0.644. The van der Waals surface area contributed by atoms with E-state index >= 15 is 0 Å². The number of halogens is 3. The molecule has 8 heteroatoms. The number of rotatable bonds is 4. The maximum Gasteiger partial charge on any atom is 1.00 e. The summed E-state index contributed by atoms with van der Waals surface area (Å²) in [6, 6.07) is 2.35. The fourth-order valence-electron chi connectivity index (χ4n) is 1.36. The molecule has 90 valence electrons. The van der Waals surface area contributed by atoms with E-state index in [1.807, 2.05) is 0 Å². The van der Waals surface area contributed by atoms with E-state index in [0.717, 1.165) is 0 Å². The van der Waals surface area contributed by atoms with E-state index in [-0.39, 0.29) is 68.6 Å². The zero-order valence-corrected chi connectivity index (χ0v) is 13.2. The largest absolute Gasteiger partial charge is 1.00 e. The van der Waals surface area contributed by atoms with Gasteiger partial charge in [-0.3, -0.25) is 0 Å². The summed E-state index contributed by atoms with van der Waals surface area (Å²) in [4.78, 5) is 0. The maximum atomic E-state index is 12.8. The van der Waals surface area contributed by atoms with Crippen LogP contribution in [0.3, 0.4) is 0 Å². The van der Waals surface area contributed by atoms with Crippen LogP contribution in [0.5, 0.6) is 17.2 Å². The van der Waals surface area contributed by atoms with Crippen LogP contribution in [0.2, 0.25) is 0 Å². The Hall–Kier alpha value is 0.111. The van der Waals surface area contributed by atoms with E-state index in [0.29, 0.717) is 0 Å². The molecular formula is C9H11BF3KO3. The van der Waals surface area contributed by atoms with Gasteiger partial charge < -0.3 is 27.2 Å². The first-order valence-corrected chi connectivity index (χ1v) is 4.44. The van der Waals surface area contributed by atoms with Crippen LogP contribution in [0.25, 0.3) is 0 Å². The molecular weight excluding hydrogens is 263 g/mol. The van der Waals surface area contributed by atoms with Crippen molar-refractivity contribution in [3.8, 4) is 17.2 Å². The standard InChI is InChI=1S/C9H11BF3O3.K/c1-14-6-4-7(15-2)9(10(11,12)13)8(5-6)16-3;/h4-5H,1-3H3;/q-1;+1. The van der Waals surface area contributed by atoms with Gasteiger partial charge in [-0.15, -0.1) is 0 Å². The number of ether oxygens (including phenoxy) is 3. The first kappa shape index (κ1) is 17.1. The molecule has 0 bridgehead atoms. The number of methoxy groups -OCH3 is 3. The van der Waals surface area contributed by atoms with Gasteiger partial charge in [-0.1, -0.05) is 0 Å². The molecule has 0 fully saturated rings. The smallest absolute Gasteiger partial charge is 0.499 e. The van der Waals surface area contributed by atoms with Crippen LogP contribution >= 0.6 is 0 Å². The second-order valence-electron chi connectivity index (χ2n) is 3.02. The molecule has 0 spiro atoms. The Labute approximate surface area is 140 Å². The molecule has 0 unspecified atom stereocenters. The number of benzene rings is 1. The van der Waals surface area contributed by atoms with Crippen LogP contribution in [0.4, 0.5) is 12.9 Å². The third kappa shape index (κ3) is 4.06. The van der Waals surface area contributed by atoms with Gasteiger partial charge in [0, 0.05) is 12.1 Å². The molecule has 0 N–H and O–H groups in total. The van der Waals surface area contributed by atoms with Crippen molar-refractivity contribution in [3.63, 3.8) is 0 Å². The van der Waals surface area contributed by atoms with Crippen molar-refractivity contribution in [2.45, 2.75) is 0 Å².